The van der Waals surface area contributed by atoms with E-state index in [9.17, 15) is 4.79 Å². The number of thioether (sulfide) groups is 1. The minimum atomic E-state index is 0.0935. The van der Waals surface area contributed by atoms with Crippen molar-refractivity contribution in [2.75, 3.05) is 17.7 Å². The van der Waals surface area contributed by atoms with Crippen molar-refractivity contribution >= 4 is 23.4 Å². The van der Waals surface area contributed by atoms with Crippen LogP contribution in [0.1, 0.15) is 31.2 Å². The van der Waals surface area contributed by atoms with Gasteiger partial charge in [0.1, 0.15) is 5.75 Å². The molecule has 0 fully saturated rings. The highest BCUT2D eigenvalue weighted by Gasteiger charge is 2.14. The number of unbranched alkanes of at least 4 members (excludes halogenated alkanes) is 2. The lowest BCUT2D eigenvalue weighted by Gasteiger charge is -2.17. The molecule has 1 aromatic carbocycles. The summed E-state index contributed by atoms with van der Waals surface area (Å²) >= 11 is 1.79. The fourth-order valence-electron chi connectivity index (χ4n) is 2.90. The maximum absolute atomic E-state index is 11.4. The van der Waals surface area contributed by atoms with Crippen molar-refractivity contribution in [1.29, 1.82) is 0 Å². The van der Waals surface area contributed by atoms with Crippen molar-refractivity contribution < 1.29 is 9.53 Å². The number of allylic oxidation sites excluding steroid dienone is 1. The molecule has 0 unspecified atom stereocenters. The van der Waals surface area contributed by atoms with Crippen molar-refractivity contribution in [2.24, 2.45) is 0 Å². The number of carbonyl (C=O) groups excluding carboxylic acids is 1. The lowest BCUT2D eigenvalue weighted by molar-refractivity contribution is -0.116. The molecule has 2 aromatic rings. The third-order valence-corrected chi connectivity index (χ3v) is 5.35. The minimum absolute atomic E-state index is 0.0935. The van der Waals surface area contributed by atoms with Crippen LogP contribution in [-0.2, 0) is 17.8 Å². The molecule has 1 aliphatic rings. The van der Waals surface area contributed by atoms with Gasteiger partial charge in [0.25, 0.3) is 0 Å². The van der Waals surface area contributed by atoms with Crippen molar-refractivity contribution in [3.05, 3.63) is 48.8 Å². The van der Waals surface area contributed by atoms with E-state index in [0.717, 1.165) is 66.7 Å². The molecule has 1 aliphatic heterocycles. The van der Waals surface area contributed by atoms with Gasteiger partial charge in [-0.3, -0.25) is 4.79 Å². The summed E-state index contributed by atoms with van der Waals surface area (Å²) in [7, 11) is 0. The summed E-state index contributed by atoms with van der Waals surface area (Å²) in [4.78, 5) is 15.8. The lowest BCUT2D eigenvalue weighted by Crippen LogP contribution is -2.18. The molecule has 1 N–H and O–H groups in total. The van der Waals surface area contributed by atoms with Gasteiger partial charge in [-0.05, 0) is 49.4 Å². The van der Waals surface area contributed by atoms with Gasteiger partial charge < -0.3 is 14.6 Å². The predicted molar refractivity (Wildman–Crippen MR) is 106 cm³/mol. The molecule has 0 spiro atoms. The van der Waals surface area contributed by atoms with Crippen LogP contribution < -0.4 is 10.1 Å². The van der Waals surface area contributed by atoms with Gasteiger partial charge in [0.2, 0.25) is 5.91 Å². The van der Waals surface area contributed by atoms with Crippen molar-refractivity contribution in [3.63, 3.8) is 0 Å². The zero-order chi connectivity index (χ0) is 18.2. The lowest BCUT2D eigenvalue weighted by atomic mass is 10.0. The zero-order valence-corrected chi connectivity index (χ0v) is 15.8. The summed E-state index contributed by atoms with van der Waals surface area (Å²) in [6, 6.07) is 5.91. The summed E-state index contributed by atoms with van der Waals surface area (Å²) < 4.78 is 7.97. The summed E-state index contributed by atoms with van der Waals surface area (Å²) in [6.45, 7) is 5.30. The van der Waals surface area contributed by atoms with Gasteiger partial charge in [-0.15, -0.1) is 6.58 Å². The molecule has 2 heterocycles. The molecule has 1 aromatic heterocycles. The Labute approximate surface area is 158 Å². The number of anilines is 1. The van der Waals surface area contributed by atoms with Gasteiger partial charge in [0.15, 0.2) is 5.16 Å². The highest BCUT2D eigenvalue weighted by molar-refractivity contribution is 7.99. The van der Waals surface area contributed by atoms with Crippen LogP contribution in [-0.4, -0.2) is 27.8 Å². The Morgan fingerprint density at radius 3 is 3.12 bits per heavy atom. The Morgan fingerprint density at radius 2 is 2.23 bits per heavy atom. The number of aryl methyl sites for hydroxylation is 1. The first-order valence-electron chi connectivity index (χ1n) is 9.06. The summed E-state index contributed by atoms with van der Waals surface area (Å²) in [6.07, 6.45) is 10.4. The second-order valence-electron chi connectivity index (χ2n) is 6.28. The SMILES string of the molecule is C=CCn1ccnc1SCCCCCOc1ccc2c(c1)CCC(=O)N2. The van der Waals surface area contributed by atoms with E-state index < -0.39 is 0 Å². The number of benzene rings is 1. The average molecular weight is 372 g/mol. The third-order valence-electron chi connectivity index (χ3n) is 4.26. The molecule has 1 amide bonds. The highest BCUT2D eigenvalue weighted by atomic mass is 32.2. The van der Waals surface area contributed by atoms with E-state index in [2.05, 4.69) is 21.4 Å². The topological polar surface area (TPSA) is 56.2 Å². The van der Waals surface area contributed by atoms with Crippen LogP contribution in [0, 0.1) is 0 Å². The second kappa shape index (κ2) is 9.48. The summed E-state index contributed by atoms with van der Waals surface area (Å²) in [5, 5.41) is 3.95. The number of fused-ring (bicyclic) bond motifs is 1. The Morgan fingerprint density at radius 1 is 1.31 bits per heavy atom. The normalized spacial score (nSPS) is 13.2. The second-order valence-corrected chi connectivity index (χ2v) is 7.34. The molecule has 138 valence electrons. The van der Waals surface area contributed by atoms with Gasteiger partial charge in [0, 0.05) is 36.8 Å². The molecule has 26 heavy (non-hydrogen) atoms. The largest absolute Gasteiger partial charge is 0.494 e. The van der Waals surface area contributed by atoms with Gasteiger partial charge in [-0.2, -0.15) is 0 Å². The zero-order valence-electron chi connectivity index (χ0n) is 14.9. The number of imidazole rings is 1. The highest BCUT2D eigenvalue weighted by Crippen LogP contribution is 2.27. The van der Waals surface area contributed by atoms with Crippen LogP contribution in [0.5, 0.6) is 5.75 Å². The molecular weight excluding hydrogens is 346 g/mol. The van der Waals surface area contributed by atoms with Crippen molar-refractivity contribution in [1.82, 2.24) is 9.55 Å². The molecule has 3 rings (SSSR count). The van der Waals surface area contributed by atoms with E-state index in [-0.39, 0.29) is 5.91 Å². The number of nitrogens with one attached hydrogen (secondary N) is 1. The Kier molecular flexibility index (Phi) is 6.77. The molecule has 0 aliphatic carbocycles. The van der Waals surface area contributed by atoms with Crippen LogP contribution in [0.15, 0.2) is 48.4 Å². The first-order chi connectivity index (χ1) is 12.8. The molecule has 0 saturated carbocycles. The number of nitrogens with zero attached hydrogens (tertiary/aromatic N) is 2. The maximum Gasteiger partial charge on any atom is 0.224 e. The quantitative estimate of drug-likeness (QED) is 0.384. The van der Waals surface area contributed by atoms with E-state index in [0.29, 0.717) is 6.42 Å². The minimum Gasteiger partial charge on any atom is -0.494 e. The monoisotopic (exact) mass is 371 g/mol. The molecule has 5 nitrogen and oxygen atoms in total. The van der Waals surface area contributed by atoms with Gasteiger partial charge in [0.05, 0.1) is 6.61 Å². The average Bonchev–Trinajstić information content (AvgIpc) is 3.08. The van der Waals surface area contributed by atoms with E-state index in [4.69, 9.17) is 4.74 Å². The Hall–Kier alpha value is -2.21. The predicted octanol–water partition coefficient (Wildman–Crippen LogP) is 4.30. The fraction of sp³-hybridized carbons (Fsp3) is 0.400. The number of carbonyl (C=O) groups is 1. The molecular formula is C20H25N3O2S. The summed E-state index contributed by atoms with van der Waals surface area (Å²) in [5.74, 6) is 2.05. The van der Waals surface area contributed by atoms with E-state index in [1.165, 1.54) is 0 Å². The van der Waals surface area contributed by atoms with E-state index in [1.54, 1.807) is 11.8 Å². The van der Waals surface area contributed by atoms with E-state index in [1.807, 2.05) is 36.7 Å². The number of ether oxygens (including phenoxy) is 1. The van der Waals surface area contributed by atoms with Crippen LogP contribution in [0.3, 0.4) is 0 Å². The van der Waals surface area contributed by atoms with Crippen LogP contribution >= 0.6 is 11.8 Å². The van der Waals surface area contributed by atoms with Crippen LogP contribution in [0.2, 0.25) is 0 Å². The Bertz CT molecular complexity index is 757. The molecule has 0 radical (unpaired) electrons. The van der Waals surface area contributed by atoms with Gasteiger partial charge in [-0.1, -0.05) is 17.8 Å². The van der Waals surface area contributed by atoms with Crippen molar-refractivity contribution in [3.8, 4) is 5.75 Å². The molecule has 0 bridgehead atoms. The first-order valence-corrected chi connectivity index (χ1v) is 10.1. The smallest absolute Gasteiger partial charge is 0.224 e. The van der Waals surface area contributed by atoms with Crippen molar-refractivity contribution in [2.45, 2.75) is 43.8 Å². The fourth-order valence-corrected chi connectivity index (χ4v) is 3.87. The standard InChI is InChI=1S/C20H25N3O2S/c1-2-11-23-12-10-21-20(23)26-14-5-3-4-13-25-17-7-8-18-16(15-17)6-9-19(24)22-18/h2,7-8,10,12,15H,1,3-6,9,11,13-14H2,(H,22,24). The number of amides is 1. The Balaban J connectivity index is 1.31. The third kappa shape index (κ3) is 5.14. The van der Waals surface area contributed by atoms with Crippen LogP contribution in [0.25, 0.3) is 0 Å². The number of hydrogen-bond acceptors (Lipinski definition) is 4. The summed E-state index contributed by atoms with van der Waals surface area (Å²) in [5.41, 5.74) is 2.08. The number of hydrogen-bond donors (Lipinski definition) is 1. The first kappa shape index (κ1) is 18.6. The number of rotatable bonds is 10. The van der Waals surface area contributed by atoms with Gasteiger partial charge in [-0.25, -0.2) is 4.98 Å². The van der Waals surface area contributed by atoms with Crippen LogP contribution in [0.4, 0.5) is 5.69 Å². The molecule has 0 atom stereocenters. The number of aromatic nitrogens is 2. The molecule has 0 saturated heterocycles. The molecule has 6 heteroatoms. The maximum atomic E-state index is 11.4. The van der Waals surface area contributed by atoms with Gasteiger partial charge >= 0.3 is 0 Å². The van der Waals surface area contributed by atoms with E-state index >= 15 is 0 Å².